The third-order valence-electron chi connectivity index (χ3n) is 19.8. The van der Waals surface area contributed by atoms with Gasteiger partial charge < -0.3 is 57.6 Å². The van der Waals surface area contributed by atoms with Crippen LogP contribution < -0.4 is 0 Å². The monoisotopic (exact) mass is 2210 g/mol. The van der Waals surface area contributed by atoms with E-state index in [9.17, 15) is 0 Å². The molecule has 14 nitrogen and oxygen atoms in total. The van der Waals surface area contributed by atoms with Crippen molar-refractivity contribution in [2.24, 2.45) is 0 Å². The predicted octanol–water partition coefficient (Wildman–Crippen LogP) is 34.0. The van der Waals surface area contributed by atoms with Gasteiger partial charge in [-0.05, 0) is 367 Å². The van der Waals surface area contributed by atoms with E-state index in [0.717, 1.165) is 36.3 Å². The Kier molecular flexibility index (Phi) is 64.3. The van der Waals surface area contributed by atoms with Crippen molar-refractivity contribution in [1.29, 1.82) is 0 Å². The zero-order valence-electron chi connectivity index (χ0n) is 91.8. The quantitative estimate of drug-likeness (QED) is 0.0248. The van der Waals surface area contributed by atoms with Gasteiger partial charge in [0, 0.05) is 0 Å². The molecular formula is C85H221IO14SSi21. The average Bonchev–Trinajstić information content (AvgIpc) is 0.826. The van der Waals surface area contributed by atoms with Crippen molar-refractivity contribution in [3.05, 3.63) is 0 Å². The summed E-state index contributed by atoms with van der Waals surface area (Å²) in [5, 5.41) is 1.36. The van der Waals surface area contributed by atoms with Gasteiger partial charge in [-0.3, -0.25) is 0 Å². The molecular weight excluding hydrogens is 1990 g/mol. The molecule has 0 saturated carbocycles. The third-order valence-corrected chi connectivity index (χ3v) is 99.7. The van der Waals surface area contributed by atoms with E-state index >= 15 is 0 Å². The van der Waals surface area contributed by atoms with Crippen LogP contribution in [-0.2, 0) is 57.6 Å². The van der Waals surface area contributed by atoms with E-state index in [1.807, 2.05) is 0 Å². The molecule has 0 heterocycles. The molecule has 0 fully saturated rings. The van der Waals surface area contributed by atoms with Crippen molar-refractivity contribution in [3.63, 3.8) is 0 Å². The predicted molar refractivity (Wildman–Crippen MR) is 615 cm³/mol. The van der Waals surface area contributed by atoms with Gasteiger partial charge in [0.05, 0.1) is 0 Å². The van der Waals surface area contributed by atoms with Crippen molar-refractivity contribution in [2.75, 3.05) is 24.1 Å². The molecule has 0 rings (SSSR count). The minimum Gasteiger partial charge on any atom is -0.455 e. The smallest absolute Gasteiger partial charge is 0.315 e. The standard InChI is InChI=1S/C23H60O3SSi5.C22H63IO6Si9.C22H52O2Si3.C18H46O3Si4/c1-27(2,3)23-31(13,24-28(4,5)6)21-19-17-15-16-18-20-22-32(14,25-29(7,8)9)26-30(10,11)12;1-30(2)24-36(13,14)25-31(3,4)19-20-32(5,6)26-37(15,16)27-33(7,8)21-22-34(9,10)28-38(17,18)29-35(11,12)23;1-9-11-13-15-17-19-21-25(3,4)23-27(7,8)24-26(5,6)22-20-18-16-14-12-10-2;1-11-12-13-14-15-16-17-18-25(10,20-23(5,6)7)21-24(8,9)19-22(2,3)4/h15-23H2,1-14H3;30H,19-22H2,1-18H3;9-22H2,1-8H3;11-18H2,1-10H3. The highest BCUT2D eigenvalue weighted by molar-refractivity contribution is 14.1. The molecule has 0 radical (unpaired) electrons. The van der Waals surface area contributed by atoms with E-state index in [2.05, 4.69) is 349 Å². The normalized spacial score (nSPS) is 15.5. The lowest BCUT2D eigenvalue weighted by atomic mass is 10.1. The van der Waals surface area contributed by atoms with E-state index in [0.29, 0.717) is 0 Å². The number of rotatable bonds is 67. The molecule has 0 aromatic heterocycles. The fourth-order valence-electron chi connectivity index (χ4n) is 17.7. The number of hydrogen-bond acceptors (Lipinski definition) is 14. The molecule has 122 heavy (non-hydrogen) atoms. The summed E-state index contributed by atoms with van der Waals surface area (Å²) in [6.07, 6.45) is 41.2. The first-order valence-corrected chi connectivity index (χ1v) is 119. The fourth-order valence-corrected chi connectivity index (χ4v) is 127. The second-order valence-electron chi connectivity index (χ2n) is 49.5. The van der Waals surface area contributed by atoms with Crippen LogP contribution >= 0.6 is 31.8 Å². The molecule has 0 spiro atoms. The summed E-state index contributed by atoms with van der Waals surface area (Å²) in [4.78, 5) is 0. The lowest BCUT2D eigenvalue weighted by molar-refractivity contribution is 0.321. The van der Waals surface area contributed by atoms with Crippen LogP contribution in [0.3, 0.4) is 0 Å². The summed E-state index contributed by atoms with van der Waals surface area (Å²) >= 11 is 2.49. The van der Waals surface area contributed by atoms with Crippen LogP contribution in [0.15, 0.2) is 0 Å². The van der Waals surface area contributed by atoms with Crippen molar-refractivity contribution >= 4 is 206 Å². The van der Waals surface area contributed by atoms with Crippen molar-refractivity contribution in [1.82, 2.24) is 0 Å². The zero-order valence-corrected chi connectivity index (χ0v) is 116. The summed E-state index contributed by atoms with van der Waals surface area (Å²) in [5.41, 5.74) is 0. The highest BCUT2D eigenvalue weighted by atomic mass is 127. The Morgan fingerprint density at radius 3 is 0.656 bits per heavy atom. The van der Waals surface area contributed by atoms with Gasteiger partial charge in [-0.2, -0.15) is 0 Å². The Hall–Kier alpha value is 5.07. The lowest BCUT2D eigenvalue weighted by Gasteiger charge is -2.41. The topological polar surface area (TPSA) is 129 Å². The first-order chi connectivity index (χ1) is 54.1. The number of halogens is 1. The van der Waals surface area contributed by atoms with E-state index in [4.69, 9.17) is 57.6 Å². The Balaban J connectivity index is -0.000000771. The van der Waals surface area contributed by atoms with Crippen LogP contribution in [-0.4, -0.2) is 199 Å². The third kappa shape index (κ3) is 86.6. The Morgan fingerprint density at radius 2 is 0.418 bits per heavy atom. The van der Waals surface area contributed by atoms with E-state index in [1.54, 1.807) is 0 Å². The van der Waals surface area contributed by atoms with Gasteiger partial charge in [0.1, 0.15) is 0 Å². The molecule has 742 valence electrons. The molecule has 0 amide bonds. The maximum Gasteiger partial charge on any atom is 0.315 e. The van der Waals surface area contributed by atoms with Crippen molar-refractivity contribution in [2.45, 2.75) is 524 Å². The van der Waals surface area contributed by atoms with Gasteiger partial charge in [0.2, 0.25) is 5.81 Å². The Morgan fingerprint density at radius 1 is 0.213 bits per heavy atom. The summed E-state index contributed by atoms with van der Waals surface area (Å²) in [6.45, 7) is 108. The number of hydrogen-bond donors (Lipinski definition) is 0. The SMILES string of the molecule is CCCCCCCCC[Si](C)(O[Si](C)(C)C)O[Si](C)(C)O[Si](C)(C)C.CCCCCCCC[Si](C)(C)O[Si](C)(C)O[Si](C)(C)CCCCCCCC.C[SiH](C)O[Si](C)(C)O[Si](C)(C)CC[Si](C)(C)O[Si](C)(C)O[Si](C)(C)CC[Si](C)(C)O[Si](C)(C)O[Si](C)(C)I.C[Si](C)(C)O[Si](C)(CCCCCCCC[Si](C)(O[Si](C)(C)C)O[Si](C)(C)C)CS(C)(C)C. The minimum atomic E-state index is -2.26. The van der Waals surface area contributed by atoms with Crippen LogP contribution in [0.2, 0.25) is 342 Å². The molecule has 37 heteroatoms. The maximum atomic E-state index is 6.94. The summed E-state index contributed by atoms with van der Waals surface area (Å²) < 4.78 is 93.5. The van der Waals surface area contributed by atoms with Gasteiger partial charge in [0.25, 0.3) is 0 Å². The number of unbranched alkanes of at least 4 members (excludes halogenated alkanes) is 21. The summed E-state index contributed by atoms with van der Waals surface area (Å²) in [7, 11) is -36.5. The van der Waals surface area contributed by atoms with Crippen LogP contribution in [0, 0.1) is 0 Å². The molecule has 2 unspecified atom stereocenters. The largest absolute Gasteiger partial charge is 0.455 e. The van der Waals surface area contributed by atoms with Gasteiger partial charge >= 0.3 is 59.9 Å². The highest BCUT2D eigenvalue weighted by Crippen LogP contribution is 2.42. The van der Waals surface area contributed by atoms with Gasteiger partial charge in [-0.15, -0.1) is 0 Å². The highest BCUT2D eigenvalue weighted by Gasteiger charge is 2.48. The summed E-state index contributed by atoms with van der Waals surface area (Å²) in [5.74, 6) is -1.65. The zero-order chi connectivity index (χ0) is 96.7. The van der Waals surface area contributed by atoms with Gasteiger partial charge in [0.15, 0.2) is 109 Å². The van der Waals surface area contributed by atoms with E-state index in [1.165, 1.54) is 184 Å². The fraction of sp³-hybridized carbons (Fsp3) is 1.00. The molecule has 0 bridgehead atoms. The second-order valence-corrected chi connectivity index (χ2v) is 147. The average molecular weight is 2220 g/mol. The first-order valence-electron chi connectivity index (χ1n) is 49.3. The molecule has 0 N–H and O–H groups in total. The van der Waals surface area contributed by atoms with Gasteiger partial charge in [-0.25, -0.2) is 10.0 Å². The Labute approximate surface area is 803 Å². The first kappa shape index (κ1) is 133. The van der Waals surface area contributed by atoms with Crippen LogP contribution in [0.1, 0.15) is 181 Å². The van der Waals surface area contributed by atoms with Gasteiger partial charge in [-0.1, -0.05) is 203 Å². The van der Waals surface area contributed by atoms with E-state index in [-0.39, 0.29) is 0 Å². The van der Waals surface area contributed by atoms with Crippen molar-refractivity contribution < 1.29 is 57.6 Å². The molecule has 0 aliphatic rings. The molecule has 2 atom stereocenters. The van der Waals surface area contributed by atoms with E-state index < -0.39 is 185 Å². The lowest BCUT2D eigenvalue weighted by Crippen LogP contribution is -2.56. The Bertz CT molecular complexity index is 2590. The van der Waals surface area contributed by atoms with Crippen molar-refractivity contribution in [3.8, 4) is 0 Å². The van der Waals surface area contributed by atoms with Crippen LogP contribution in [0.25, 0.3) is 0 Å². The second kappa shape index (κ2) is 58.8. The maximum absolute atomic E-state index is 6.94. The molecule has 0 aliphatic heterocycles. The molecule has 0 saturated heterocycles. The molecule has 0 aliphatic carbocycles. The molecule has 0 aromatic rings. The summed E-state index contributed by atoms with van der Waals surface area (Å²) in [6, 6.07) is 10.6. The van der Waals surface area contributed by atoms with Crippen LogP contribution in [0.4, 0.5) is 0 Å². The molecule has 0 aromatic carbocycles. The minimum absolute atomic E-state index is 0.504. The van der Waals surface area contributed by atoms with Crippen LogP contribution in [0.5, 0.6) is 0 Å².